The maximum absolute atomic E-state index is 12.1. The van der Waals surface area contributed by atoms with Crippen LogP contribution in [0.4, 0.5) is 16.2 Å². The van der Waals surface area contributed by atoms with Gasteiger partial charge in [0.15, 0.2) is 0 Å². The van der Waals surface area contributed by atoms with Gasteiger partial charge in [-0.15, -0.1) is 0 Å². The normalized spacial score (nSPS) is 15.8. The molecule has 2 amide bonds. The van der Waals surface area contributed by atoms with Crippen LogP contribution in [-0.4, -0.2) is 49.1 Å². The zero-order valence-corrected chi connectivity index (χ0v) is 15.0. The van der Waals surface area contributed by atoms with Crippen LogP contribution >= 0.6 is 0 Å². The summed E-state index contributed by atoms with van der Waals surface area (Å²) in [7, 11) is 2.17. The Morgan fingerprint density at radius 1 is 0.960 bits per heavy atom. The van der Waals surface area contributed by atoms with Crippen LogP contribution in [0.1, 0.15) is 11.1 Å². The SMILES string of the molecule is Cc1cccc(NC(=O)Nc2ccc(CN3CCN(C)CC3)cc2)c1. The standard InChI is InChI=1S/C20H26N4O/c1-16-4-3-5-19(14-16)22-20(25)21-18-8-6-17(7-9-18)15-24-12-10-23(2)11-13-24/h3-9,14H,10-13,15H2,1-2H3,(H2,21,22,25). The number of anilines is 2. The number of benzene rings is 2. The van der Waals surface area contributed by atoms with E-state index >= 15 is 0 Å². The van der Waals surface area contributed by atoms with Gasteiger partial charge in [-0.3, -0.25) is 4.90 Å². The Balaban J connectivity index is 1.51. The van der Waals surface area contributed by atoms with Gasteiger partial charge in [-0.25, -0.2) is 4.79 Å². The molecule has 0 radical (unpaired) electrons. The van der Waals surface area contributed by atoms with Crippen molar-refractivity contribution in [3.63, 3.8) is 0 Å². The van der Waals surface area contributed by atoms with Gasteiger partial charge in [-0.05, 0) is 49.4 Å². The third-order valence-corrected chi connectivity index (χ3v) is 4.49. The predicted octanol–water partition coefficient (Wildman–Crippen LogP) is 3.39. The van der Waals surface area contributed by atoms with Crippen LogP contribution in [0, 0.1) is 6.92 Å². The number of urea groups is 1. The average Bonchev–Trinajstić information content (AvgIpc) is 2.59. The van der Waals surface area contributed by atoms with E-state index in [4.69, 9.17) is 0 Å². The Morgan fingerprint density at radius 3 is 2.32 bits per heavy atom. The first-order chi connectivity index (χ1) is 12.1. The number of piperazine rings is 1. The minimum absolute atomic E-state index is 0.225. The van der Waals surface area contributed by atoms with Crippen LogP contribution < -0.4 is 10.6 Å². The van der Waals surface area contributed by atoms with Gasteiger partial charge in [0.1, 0.15) is 0 Å². The van der Waals surface area contributed by atoms with Crippen LogP contribution in [-0.2, 0) is 6.54 Å². The molecule has 0 unspecified atom stereocenters. The number of likely N-dealkylation sites (N-methyl/N-ethyl adjacent to an activating group) is 1. The molecule has 1 aliphatic rings. The predicted molar refractivity (Wildman–Crippen MR) is 103 cm³/mol. The summed E-state index contributed by atoms with van der Waals surface area (Å²) in [6, 6.07) is 15.6. The van der Waals surface area contributed by atoms with Crippen molar-refractivity contribution in [1.82, 2.24) is 9.80 Å². The number of carbonyl (C=O) groups is 1. The summed E-state index contributed by atoms with van der Waals surface area (Å²) >= 11 is 0. The first kappa shape index (κ1) is 17.5. The molecule has 2 N–H and O–H groups in total. The zero-order chi connectivity index (χ0) is 17.6. The second kappa shape index (κ2) is 8.14. The van der Waals surface area contributed by atoms with E-state index in [9.17, 15) is 4.79 Å². The highest BCUT2D eigenvalue weighted by Gasteiger charge is 2.13. The molecule has 1 heterocycles. The van der Waals surface area contributed by atoms with Crippen molar-refractivity contribution >= 4 is 17.4 Å². The quantitative estimate of drug-likeness (QED) is 0.898. The first-order valence-corrected chi connectivity index (χ1v) is 8.73. The molecule has 132 valence electrons. The van der Waals surface area contributed by atoms with E-state index in [1.54, 1.807) is 0 Å². The van der Waals surface area contributed by atoms with E-state index in [0.29, 0.717) is 0 Å². The van der Waals surface area contributed by atoms with Crippen LogP contribution in [0.3, 0.4) is 0 Å². The van der Waals surface area contributed by atoms with Gasteiger partial charge in [0.25, 0.3) is 0 Å². The number of amides is 2. The van der Waals surface area contributed by atoms with Gasteiger partial charge in [-0.1, -0.05) is 24.3 Å². The number of nitrogens with one attached hydrogen (secondary N) is 2. The van der Waals surface area contributed by atoms with E-state index in [-0.39, 0.29) is 6.03 Å². The first-order valence-electron chi connectivity index (χ1n) is 8.73. The fourth-order valence-electron chi connectivity index (χ4n) is 2.97. The van der Waals surface area contributed by atoms with Gasteiger partial charge < -0.3 is 15.5 Å². The number of hydrogen-bond donors (Lipinski definition) is 2. The molecule has 5 nitrogen and oxygen atoms in total. The summed E-state index contributed by atoms with van der Waals surface area (Å²) in [5.74, 6) is 0. The third kappa shape index (κ3) is 5.31. The Bertz CT molecular complexity index is 706. The molecule has 1 aliphatic heterocycles. The van der Waals surface area contributed by atoms with Crippen LogP contribution in [0.5, 0.6) is 0 Å². The van der Waals surface area contributed by atoms with Crippen LogP contribution in [0.25, 0.3) is 0 Å². The molecular formula is C20H26N4O. The fourth-order valence-corrected chi connectivity index (χ4v) is 2.97. The average molecular weight is 338 g/mol. The molecule has 2 aromatic rings. The minimum atomic E-state index is -0.225. The highest BCUT2D eigenvalue weighted by atomic mass is 16.2. The minimum Gasteiger partial charge on any atom is -0.308 e. The summed E-state index contributed by atoms with van der Waals surface area (Å²) in [5, 5.41) is 5.73. The smallest absolute Gasteiger partial charge is 0.308 e. The van der Waals surface area contributed by atoms with Crippen molar-refractivity contribution < 1.29 is 4.79 Å². The van der Waals surface area contributed by atoms with E-state index in [1.165, 1.54) is 5.56 Å². The Hall–Kier alpha value is -2.37. The molecule has 1 fully saturated rings. The van der Waals surface area contributed by atoms with Crippen molar-refractivity contribution in [3.05, 3.63) is 59.7 Å². The van der Waals surface area contributed by atoms with Crippen LogP contribution in [0.15, 0.2) is 48.5 Å². The van der Waals surface area contributed by atoms with Gasteiger partial charge in [0, 0.05) is 44.1 Å². The maximum atomic E-state index is 12.1. The number of aryl methyl sites for hydroxylation is 1. The molecular weight excluding hydrogens is 312 g/mol. The zero-order valence-electron chi connectivity index (χ0n) is 15.0. The topological polar surface area (TPSA) is 47.6 Å². The molecule has 1 saturated heterocycles. The van der Waals surface area contributed by atoms with Crippen molar-refractivity contribution in [1.29, 1.82) is 0 Å². The third-order valence-electron chi connectivity index (χ3n) is 4.49. The fraction of sp³-hybridized carbons (Fsp3) is 0.350. The van der Waals surface area contributed by atoms with Gasteiger partial charge in [0.05, 0.1) is 0 Å². The van der Waals surface area contributed by atoms with E-state index in [0.717, 1.165) is 49.7 Å². The molecule has 0 atom stereocenters. The number of hydrogen-bond acceptors (Lipinski definition) is 3. The number of rotatable bonds is 4. The van der Waals surface area contributed by atoms with E-state index < -0.39 is 0 Å². The highest BCUT2D eigenvalue weighted by molar-refractivity contribution is 5.99. The number of carbonyl (C=O) groups excluding carboxylic acids is 1. The summed E-state index contributed by atoms with van der Waals surface area (Å²) in [5.41, 5.74) is 3.98. The molecule has 25 heavy (non-hydrogen) atoms. The van der Waals surface area contributed by atoms with Gasteiger partial charge in [0.2, 0.25) is 0 Å². The molecule has 3 rings (SSSR count). The summed E-state index contributed by atoms with van der Waals surface area (Å²) in [6.45, 7) is 7.42. The summed E-state index contributed by atoms with van der Waals surface area (Å²) in [4.78, 5) is 16.9. The molecule has 0 spiro atoms. The molecule has 0 bridgehead atoms. The van der Waals surface area contributed by atoms with Crippen molar-refractivity contribution in [2.75, 3.05) is 43.9 Å². The Labute approximate surface area is 149 Å². The Morgan fingerprint density at radius 2 is 1.64 bits per heavy atom. The van der Waals surface area contributed by atoms with Crippen molar-refractivity contribution in [2.45, 2.75) is 13.5 Å². The summed E-state index contributed by atoms with van der Waals surface area (Å²) in [6.07, 6.45) is 0. The van der Waals surface area contributed by atoms with Gasteiger partial charge in [-0.2, -0.15) is 0 Å². The van der Waals surface area contributed by atoms with Gasteiger partial charge >= 0.3 is 6.03 Å². The second-order valence-corrected chi connectivity index (χ2v) is 6.72. The molecule has 0 saturated carbocycles. The molecule has 0 aromatic heterocycles. The second-order valence-electron chi connectivity index (χ2n) is 6.72. The molecule has 5 heteroatoms. The van der Waals surface area contributed by atoms with Crippen LogP contribution in [0.2, 0.25) is 0 Å². The molecule has 2 aromatic carbocycles. The maximum Gasteiger partial charge on any atom is 0.323 e. The lowest BCUT2D eigenvalue weighted by molar-refractivity contribution is 0.148. The lowest BCUT2D eigenvalue weighted by Gasteiger charge is -2.32. The lowest BCUT2D eigenvalue weighted by Crippen LogP contribution is -2.43. The highest BCUT2D eigenvalue weighted by Crippen LogP contribution is 2.14. The molecule has 0 aliphatic carbocycles. The van der Waals surface area contributed by atoms with Crippen molar-refractivity contribution in [2.24, 2.45) is 0 Å². The largest absolute Gasteiger partial charge is 0.323 e. The van der Waals surface area contributed by atoms with E-state index in [2.05, 4.69) is 39.6 Å². The monoisotopic (exact) mass is 338 g/mol. The van der Waals surface area contributed by atoms with Crippen molar-refractivity contribution in [3.8, 4) is 0 Å². The number of nitrogens with zero attached hydrogens (tertiary/aromatic N) is 2. The Kier molecular flexibility index (Phi) is 5.68. The lowest BCUT2D eigenvalue weighted by atomic mass is 10.2. The van der Waals surface area contributed by atoms with E-state index in [1.807, 2.05) is 43.3 Å². The summed E-state index contributed by atoms with van der Waals surface area (Å²) < 4.78 is 0.